The van der Waals surface area contributed by atoms with Gasteiger partial charge in [-0.1, -0.05) is 0 Å². The first kappa shape index (κ1) is 17.6. The van der Waals surface area contributed by atoms with Gasteiger partial charge in [-0.15, -0.1) is 11.3 Å². The third kappa shape index (κ3) is 4.08. The molecule has 2 aromatic heterocycles. The number of hydrogen-bond acceptors (Lipinski definition) is 6. The zero-order valence-electron chi connectivity index (χ0n) is 14.4. The van der Waals surface area contributed by atoms with Crippen molar-refractivity contribution in [2.75, 3.05) is 39.3 Å². The maximum absolute atomic E-state index is 12.8. The van der Waals surface area contributed by atoms with Crippen LogP contribution in [0.25, 0.3) is 10.8 Å². The summed E-state index contributed by atoms with van der Waals surface area (Å²) in [5, 5.41) is 3.52. The summed E-state index contributed by atoms with van der Waals surface area (Å²) in [5.74, 6) is 0.656. The van der Waals surface area contributed by atoms with Crippen LogP contribution in [0.15, 0.2) is 22.8 Å². The van der Waals surface area contributed by atoms with Crippen molar-refractivity contribution in [3.63, 3.8) is 0 Å². The second-order valence-corrected chi connectivity index (χ2v) is 7.13. The van der Waals surface area contributed by atoms with Crippen molar-refractivity contribution in [1.82, 2.24) is 20.1 Å². The molecule has 8 heteroatoms. The zero-order valence-corrected chi connectivity index (χ0v) is 15.3. The predicted molar refractivity (Wildman–Crippen MR) is 95.6 cm³/mol. The number of likely N-dealkylation sites (N-methyl/N-ethyl adjacent to an activating group) is 1. The van der Waals surface area contributed by atoms with Crippen LogP contribution >= 0.6 is 11.3 Å². The van der Waals surface area contributed by atoms with Gasteiger partial charge in [-0.2, -0.15) is 0 Å². The van der Waals surface area contributed by atoms with Crippen LogP contribution < -0.4 is 5.32 Å². The molecule has 7 nitrogen and oxygen atoms in total. The fourth-order valence-corrected chi connectivity index (χ4v) is 3.69. The lowest BCUT2D eigenvalue weighted by Crippen LogP contribution is -2.51. The van der Waals surface area contributed by atoms with E-state index in [4.69, 9.17) is 4.42 Å². The average molecular weight is 362 g/mol. The molecule has 3 rings (SSSR count). The van der Waals surface area contributed by atoms with Crippen LogP contribution in [-0.2, 0) is 4.79 Å². The number of nitrogens with zero attached hydrogens (tertiary/aromatic N) is 3. The zero-order chi connectivity index (χ0) is 17.8. The highest BCUT2D eigenvalue weighted by atomic mass is 32.1. The van der Waals surface area contributed by atoms with E-state index < -0.39 is 0 Å². The van der Waals surface area contributed by atoms with Crippen LogP contribution in [0, 0.1) is 6.92 Å². The molecule has 1 N–H and O–H groups in total. The SMILES string of the molecule is CCNC(=O)CN1CCN(C(=O)c2nc(-c3ccco3)sc2C)CC1. The molecule has 134 valence electrons. The van der Waals surface area contributed by atoms with E-state index >= 15 is 0 Å². The monoisotopic (exact) mass is 362 g/mol. The Labute approximate surface area is 150 Å². The third-order valence-corrected chi connectivity index (χ3v) is 5.12. The highest BCUT2D eigenvalue weighted by molar-refractivity contribution is 7.15. The summed E-state index contributed by atoms with van der Waals surface area (Å²) < 4.78 is 5.36. The molecule has 0 saturated carbocycles. The summed E-state index contributed by atoms with van der Waals surface area (Å²) in [6.45, 7) is 7.42. The van der Waals surface area contributed by atoms with Gasteiger partial charge >= 0.3 is 0 Å². The van der Waals surface area contributed by atoms with Gasteiger partial charge in [-0.3, -0.25) is 14.5 Å². The van der Waals surface area contributed by atoms with E-state index in [1.54, 1.807) is 6.26 Å². The number of aromatic nitrogens is 1. The lowest BCUT2D eigenvalue weighted by Gasteiger charge is -2.34. The third-order valence-electron chi connectivity index (χ3n) is 4.13. The van der Waals surface area contributed by atoms with Crippen molar-refractivity contribution in [3.05, 3.63) is 29.0 Å². The fourth-order valence-electron chi connectivity index (χ4n) is 2.82. The summed E-state index contributed by atoms with van der Waals surface area (Å²) in [6.07, 6.45) is 1.60. The van der Waals surface area contributed by atoms with Gasteiger partial charge in [-0.05, 0) is 26.0 Å². The first-order chi connectivity index (χ1) is 12.1. The normalized spacial score (nSPS) is 15.4. The van der Waals surface area contributed by atoms with E-state index in [1.165, 1.54) is 11.3 Å². The number of amides is 2. The number of furan rings is 1. The molecule has 3 heterocycles. The maximum Gasteiger partial charge on any atom is 0.273 e. The molecule has 1 fully saturated rings. The molecule has 0 radical (unpaired) electrons. The molecule has 2 amide bonds. The van der Waals surface area contributed by atoms with E-state index in [2.05, 4.69) is 15.2 Å². The Hall–Kier alpha value is -2.19. The molecule has 1 aliphatic rings. The number of piperazine rings is 1. The van der Waals surface area contributed by atoms with Crippen molar-refractivity contribution in [2.45, 2.75) is 13.8 Å². The molecule has 0 atom stereocenters. The van der Waals surface area contributed by atoms with Crippen LogP contribution in [0.1, 0.15) is 22.3 Å². The van der Waals surface area contributed by atoms with Crippen molar-refractivity contribution in [3.8, 4) is 10.8 Å². The van der Waals surface area contributed by atoms with Crippen LogP contribution in [-0.4, -0.2) is 65.9 Å². The Morgan fingerprint density at radius 2 is 2.08 bits per heavy atom. The minimum Gasteiger partial charge on any atom is -0.462 e. The number of aryl methyl sites for hydroxylation is 1. The van der Waals surface area contributed by atoms with Gasteiger partial charge in [0.2, 0.25) is 5.91 Å². The summed E-state index contributed by atoms with van der Waals surface area (Å²) >= 11 is 1.46. The molecule has 0 aromatic carbocycles. The summed E-state index contributed by atoms with van der Waals surface area (Å²) in [7, 11) is 0. The number of carbonyl (C=O) groups is 2. The van der Waals surface area contributed by atoms with Gasteiger partial charge in [0, 0.05) is 37.6 Å². The number of nitrogens with one attached hydrogen (secondary N) is 1. The van der Waals surface area contributed by atoms with E-state index in [0.29, 0.717) is 50.7 Å². The van der Waals surface area contributed by atoms with Gasteiger partial charge in [0.05, 0.1) is 12.8 Å². The van der Waals surface area contributed by atoms with Gasteiger partial charge < -0.3 is 14.6 Å². The number of thiazole rings is 1. The first-order valence-electron chi connectivity index (χ1n) is 8.38. The molecule has 2 aromatic rings. The Balaban J connectivity index is 1.60. The van der Waals surface area contributed by atoms with Crippen LogP contribution in [0.2, 0.25) is 0 Å². The highest BCUT2D eigenvalue weighted by Crippen LogP contribution is 2.28. The summed E-state index contributed by atoms with van der Waals surface area (Å²) in [5.41, 5.74) is 0.494. The lowest BCUT2D eigenvalue weighted by molar-refractivity contribution is -0.122. The van der Waals surface area contributed by atoms with Gasteiger partial charge in [0.15, 0.2) is 10.8 Å². The second kappa shape index (κ2) is 7.79. The van der Waals surface area contributed by atoms with Crippen LogP contribution in [0.3, 0.4) is 0 Å². The molecule has 0 bridgehead atoms. The smallest absolute Gasteiger partial charge is 0.273 e. The molecular weight excluding hydrogens is 340 g/mol. The van der Waals surface area contributed by atoms with E-state index in [-0.39, 0.29) is 11.8 Å². The maximum atomic E-state index is 12.8. The quantitative estimate of drug-likeness (QED) is 0.874. The lowest BCUT2D eigenvalue weighted by atomic mass is 10.2. The minimum atomic E-state index is -0.0517. The number of rotatable bonds is 5. The Morgan fingerprint density at radius 1 is 1.32 bits per heavy atom. The van der Waals surface area contributed by atoms with Gasteiger partial charge in [0.25, 0.3) is 5.91 Å². The Bertz CT molecular complexity index is 733. The molecule has 0 spiro atoms. The number of hydrogen-bond donors (Lipinski definition) is 1. The Morgan fingerprint density at radius 3 is 2.72 bits per heavy atom. The molecule has 25 heavy (non-hydrogen) atoms. The molecule has 1 aliphatic heterocycles. The highest BCUT2D eigenvalue weighted by Gasteiger charge is 2.26. The van der Waals surface area contributed by atoms with Crippen molar-refractivity contribution >= 4 is 23.2 Å². The van der Waals surface area contributed by atoms with E-state index in [0.717, 1.165) is 9.88 Å². The van der Waals surface area contributed by atoms with E-state index in [9.17, 15) is 9.59 Å². The second-order valence-electron chi connectivity index (χ2n) is 5.92. The molecular formula is C17H22N4O3S. The topological polar surface area (TPSA) is 78.7 Å². The largest absolute Gasteiger partial charge is 0.462 e. The molecule has 0 unspecified atom stereocenters. The average Bonchev–Trinajstić information content (AvgIpc) is 3.24. The minimum absolute atomic E-state index is 0.0284. The summed E-state index contributed by atoms with van der Waals surface area (Å²) in [6, 6.07) is 3.65. The van der Waals surface area contributed by atoms with Crippen molar-refractivity contribution < 1.29 is 14.0 Å². The first-order valence-corrected chi connectivity index (χ1v) is 9.19. The Kier molecular flexibility index (Phi) is 5.50. The van der Waals surface area contributed by atoms with Crippen molar-refractivity contribution in [1.29, 1.82) is 0 Å². The predicted octanol–water partition coefficient (Wildman–Crippen LogP) is 1.61. The van der Waals surface area contributed by atoms with E-state index in [1.807, 2.05) is 30.9 Å². The standard InChI is InChI=1S/C17H22N4O3S/c1-3-18-14(22)11-20-6-8-21(9-7-20)17(23)15-12(2)25-16(19-15)13-5-4-10-24-13/h4-5,10H,3,6-9,11H2,1-2H3,(H,18,22). The van der Waals surface area contributed by atoms with Crippen molar-refractivity contribution in [2.24, 2.45) is 0 Å². The van der Waals surface area contributed by atoms with Gasteiger partial charge in [0.1, 0.15) is 5.69 Å². The van der Waals surface area contributed by atoms with Gasteiger partial charge in [-0.25, -0.2) is 4.98 Å². The summed E-state index contributed by atoms with van der Waals surface area (Å²) in [4.78, 5) is 33.7. The number of carbonyl (C=O) groups excluding carboxylic acids is 2. The fraction of sp³-hybridized carbons (Fsp3) is 0.471. The van der Waals surface area contributed by atoms with Crippen LogP contribution in [0.5, 0.6) is 0 Å². The van der Waals surface area contributed by atoms with Crippen LogP contribution in [0.4, 0.5) is 0 Å². The molecule has 1 saturated heterocycles. The molecule has 0 aliphatic carbocycles.